The van der Waals surface area contributed by atoms with E-state index in [9.17, 15) is 8.42 Å². The summed E-state index contributed by atoms with van der Waals surface area (Å²) in [6, 6.07) is 1.90. The Labute approximate surface area is 122 Å². The van der Waals surface area contributed by atoms with E-state index in [1.54, 1.807) is 18.3 Å². The maximum Gasteiger partial charge on any atom is 0.244 e. The Morgan fingerprint density at radius 2 is 2.20 bits per heavy atom. The summed E-state index contributed by atoms with van der Waals surface area (Å²) in [7, 11) is -3.56. The molecule has 8 heteroatoms. The van der Waals surface area contributed by atoms with Gasteiger partial charge in [-0.2, -0.15) is 16.4 Å². The first-order valence-corrected chi connectivity index (χ1v) is 8.72. The van der Waals surface area contributed by atoms with Crippen LogP contribution in [-0.2, 0) is 23.1 Å². The first kappa shape index (κ1) is 15.2. The molecule has 2 rings (SSSR count). The monoisotopic (exact) mass is 314 g/mol. The maximum atomic E-state index is 12.4. The number of hydrogen-bond acceptors (Lipinski definition) is 5. The highest BCUT2D eigenvalue weighted by Crippen LogP contribution is 2.18. The van der Waals surface area contributed by atoms with E-state index < -0.39 is 10.0 Å². The van der Waals surface area contributed by atoms with Crippen LogP contribution in [0.3, 0.4) is 0 Å². The summed E-state index contributed by atoms with van der Waals surface area (Å²) in [6.45, 7) is 5.14. The Morgan fingerprint density at radius 3 is 2.85 bits per heavy atom. The van der Waals surface area contributed by atoms with Gasteiger partial charge in [0, 0.05) is 13.1 Å². The number of aromatic amines is 1. The van der Waals surface area contributed by atoms with Crippen LogP contribution in [0.4, 0.5) is 0 Å². The lowest BCUT2D eigenvalue weighted by Crippen LogP contribution is -2.25. The summed E-state index contributed by atoms with van der Waals surface area (Å²) >= 11 is 1.54. The Kier molecular flexibility index (Phi) is 4.92. The third-order valence-electron chi connectivity index (χ3n) is 2.82. The van der Waals surface area contributed by atoms with Gasteiger partial charge in [-0.25, -0.2) is 13.1 Å². The molecule has 6 nitrogen and oxygen atoms in total. The van der Waals surface area contributed by atoms with Crippen LogP contribution >= 0.6 is 11.3 Å². The molecule has 0 saturated heterocycles. The smallest absolute Gasteiger partial charge is 0.244 e. The van der Waals surface area contributed by atoms with Crippen molar-refractivity contribution < 1.29 is 8.42 Å². The van der Waals surface area contributed by atoms with Crippen LogP contribution in [0.1, 0.15) is 23.9 Å². The van der Waals surface area contributed by atoms with E-state index in [1.165, 1.54) is 0 Å². The molecule has 0 aliphatic carbocycles. The highest BCUT2D eigenvalue weighted by Gasteiger charge is 2.23. The average Bonchev–Trinajstić information content (AvgIpc) is 3.03. The zero-order chi connectivity index (χ0) is 14.6. The molecule has 0 bridgehead atoms. The van der Waals surface area contributed by atoms with Crippen LogP contribution in [0.2, 0.25) is 0 Å². The maximum absolute atomic E-state index is 12.4. The van der Waals surface area contributed by atoms with Gasteiger partial charge in [-0.3, -0.25) is 5.10 Å². The molecule has 0 aliphatic heterocycles. The Bertz CT molecular complexity index is 647. The van der Waals surface area contributed by atoms with Crippen molar-refractivity contribution in [2.45, 2.75) is 31.8 Å². The number of nitrogens with zero attached hydrogens (tertiary/aromatic N) is 1. The summed E-state index contributed by atoms with van der Waals surface area (Å²) in [5, 5.41) is 13.7. The van der Waals surface area contributed by atoms with Crippen molar-refractivity contribution in [1.29, 1.82) is 0 Å². The van der Waals surface area contributed by atoms with E-state index in [2.05, 4.69) is 20.2 Å². The molecule has 2 aromatic rings. The van der Waals surface area contributed by atoms with Crippen molar-refractivity contribution in [3.63, 3.8) is 0 Å². The molecule has 0 aromatic carbocycles. The summed E-state index contributed by atoms with van der Waals surface area (Å²) in [4.78, 5) is 0.244. The Balaban J connectivity index is 2.18. The zero-order valence-electron chi connectivity index (χ0n) is 11.4. The zero-order valence-corrected chi connectivity index (χ0v) is 13.1. The molecule has 20 heavy (non-hydrogen) atoms. The number of rotatable bonds is 7. The largest absolute Gasteiger partial charge is 0.311 e. The summed E-state index contributed by atoms with van der Waals surface area (Å²) in [5.41, 5.74) is 2.02. The highest BCUT2D eigenvalue weighted by atomic mass is 32.2. The van der Waals surface area contributed by atoms with Crippen LogP contribution in [-0.4, -0.2) is 25.2 Å². The molecule has 2 aromatic heterocycles. The lowest BCUT2D eigenvalue weighted by atomic mass is 10.3. The number of sulfonamides is 1. The fourth-order valence-electron chi connectivity index (χ4n) is 1.83. The van der Waals surface area contributed by atoms with Crippen LogP contribution in [0, 0.1) is 6.92 Å². The number of nitrogens with one attached hydrogen (secondary N) is 3. The SMILES string of the molecule is CCNCc1n[nH]c(C)c1S(=O)(=O)NCc1ccsc1. The van der Waals surface area contributed by atoms with Crippen molar-refractivity contribution in [2.24, 2.45) is 0 Å². The van der Waals surface area contributed by atoms with Crippen LogP contribution < -0.4 is 10.0 Å². The Morgan fingerprint density at radius 1 is 1.40 bits per heavy atom. The van der Waals surface area contributed by atoms with E-state index in [1.807, 2.05) is 23.8 Å². The molecule has 0 unspecified atom stereocenters. The molecule has 0 amide bonds. The van der Waals surface area contributed by atoms with E-state index in [0.29, 0.717) is 17.9 Å². The van der Waals surface area contributed by atoms with Gasteiger partial charge >= 0.3 is 0 Å². The predicted molar refractivity (Wildman–Crippen MR) is 79.0 cm³/mol. The first-order chi connectivity index (χ1) is 9.54. The lowest BCUT2D eigenvalue weighted by Gasteiger charge is -2.07. The second kappa shape index (κ2) is 6.49. The minimum atomic E-state index is -3.56. The van der Waals surface area contributed by atoms with Crippen molar-refractivity contribution in [1.82, 2.24) is 20.2 Å². The topological polar surface area (TPSA) is 86.9 Å². The van der Waals surface area contributed by atoms with Crippen molar-refractivity contribution in [3.05, 3.63) is 33.8 Å². The second-order valence-electron chi connectivity index (χ2n) is 4.36. The van der Waals surface area contributed by atoms with E-state index in [-0.39, 0.29) is 11.4 Å². The third-order valence-corrected chi connectivity index (χ3v) is 5.15. The molecule has 0 spiro atoms. The van der Waals surface area contributed by atoms with E-state index in [0.717, 1.165) is 12.1 Å². The molecule has 0 fully saturated rings. The quantitative estimate of drug-likeness (QED) is 0.720. The molecule has 0 radical (unpaired) electrons. The van der Waals surface area contributed by atoms with E-state index in [4.69, 9.17) is 0 Å². The van der Waals surface area contributed by atoms with Gasteiger partial charge in [0.05, 0.1) is 11.4 Å². The van der Waals surface area contributed by atoms with E-state index >= 15 is 0 Å². The van der Waals surface area contributed by atoms with Gasteiger partial charge in [-0.15, -0.1) is 0 Å². The van der Waals surface area contributed by atoms with Gasteiger partial charge in [0.1, 0.15) is 4.90 Å². The summed E-state index contributed by atoms with van der Waals surface area (Å²) in [5.74, 6) is 0. The summed E-state index contributed by atoms with van der Waals surface area (Å²) in [6.07, 6.45) is 0. The van der Waals surface area contributed by atoms with Gasteiger partial charge in [-0.05, 0) is 35.9 Å². The molecule has 0 atom stereocenters. The van der Waals surface area contributed by atoms with Gasteiger partial charge in [0.2, 0.25) is 10.0 Å². The van der Waals surface area contributed by atoms with Gasteiger partial charge in [0.15, 0.2) is 0 Å². The molecule has 3 N–H and O–H groups in total. The lowest BCUT2D eigenvalue weighted by molar-refractivity contribution is 0.578. The number of H-pyrrole nitrogens is 1. The predicted octanol–water partition coefficient (Wildman–Crippen LogP) is 1.37. The molecule has 0 saturated carbocycles. The standard InChI is InChI=1S/C12H18N4O2S2/c1-3-13-7-11-12(9(2)15-16-11)20(17,18)14-6-10-4-5-19-8-10/h4-5,8,13-14H,3,6-7H2,1-2H3,(H,15,16). The first-order valence-electron chi connectivity index (χ1n) is 6.30. The van der Waals surface area contributed by atoms with Crippen LogP contribution in [0.5, 0.6) is 0 Å². The molecule has 0 aliphatic rings. The van der Waals surface area contributed by atoms with Gasteiger partial charge in [0.25, 0.3) is 0 Å². The fraction of sp³-hybridized carbons (Fsp3) is 0.417. The van der Waals surface area contributed by atoms with Gasteiger partial charge < -0.3 is 5.32 Å². The normalized spacial score (nSPS) is 11.9. The Hall–Kier alpha value is -1.22. The fourth-order valence-corrected chi connectivity index (χ4v) is 3.88. The second-order valence-corrected chi connectivity index (χ2v) is 6.84. The summed E-state index contributed by atoms with van der Waals surface area (Å²) < 4.78 is 27.4. The highest BCUT2D eigenvalue weighted by molar-refractivity contribution is 7.89. The van der Waals surface area contributed by atoms with Crippen molar-refractivity contribution in [3.8, 4) is 0 Å². The molecule has 110 valence electrons. The van der Waals surface area contributed by atoms with Crippen LogP contribution in [0.15, 0.2) is 21.7 Å². The van der Waals surface area contributed by atoms with Crippen molar-refractivity contribution >= 4 is 21.4 Å². The molecule has 2 heterocycles. The minimum Gasteiger partial charge on any atom is -0.311 e. The number of thiophene rings is 1. The van der Waals surface area contributed by atoms with Gasteiger partial charge in [-0.1, -0.05) is 6.92 Å². The minimum absolute atomic E-state index is 0.244. The molecular weight excluding hydrogens is 296 g/mol. The number of aromatic nitrogens is 2. The third kappa shape index (κ3) is 3.45. The molecular formula is C12H18N4O2S2. The van der Waals surface area contributed by atoms with Crippen molar-refractivity contribution in [2.75, 3.05) is 6.54 Å². The number of hydrogen-bond donors (Lipinski definition) is 3. The van der Waals surface area contributed by atoms with Crippen LogP contribution in [0.25, 0.3) is 0 Å². The number of aryl methyl sites for hydroxylation is 1. The average molecular weight is 314 g/mol.